The standard InChI is InChI=1S/C16H17N3O3/c17-7-13-5-12(9-22-13)16(21)19-8-11-4-2-1-3-10(11)6-14(19)15(18)20/h1-5,9,14H,6-8,17H2,(H2,18,20). The summed E-state index contributed by atoms with van der Waals surface area (Å²) >= 11 is 0. The predicted octanol–water partition coefficient (Wildman–Crippen LogP) is 0.791. The molecular formula is C16H17N3O3. The Hall–Kier alpha value is -2.60. The summed E-state index contributed by atoms with van der Waals surface area (Å²) in [4.78, 5) is 25.9. The lowest BCUT2D eigenvalue weighted by molar-refractivity contribution is -0.122. The second kappa shape index (κ2) is 5.65. The van der Waals surface area contributed by atoms with Gasteiger partial charge in [-0.3, -0.25) is 9.59 Å². The molecule has 0 radical (unpaired) electrons. The number of benzene rings is 1. The highest BCUT2D eigenvalue weighted by molar-refractivity contribution is 5.97. The zero-order valence-corrected chi connectivity index (χ0v) is 12.0. The Kier molecular flexibility index (Phi) is 3.68. The van der Waals surface area contributed by atoms with Gasteiger partial charge in [-0.05, 0) is 17.2 Å². The third-order valence-corrected chi connectivity index (χ3v) is 3.94. The molecular weight excluding hydrogens is 282 g/mol. The molecule has 0 saturated heterocycles. The number of fused-ring (bicyclic) bond motifs is 1. The fraction of sp³-hybridized carbons (Fsp3) is 0.250. The first-order valence-electron chi connectivity index (χ1n) is 7.04. The van der Waals surface area contributed by atoms with Crippen LogP contribution in [0.2, 0.25) is 0 Å². The maximum absolute atomic E-state index is 12.7. The van der Waals surface area contributed by atoms with Gasteiger partial charge in [0.25, 0.3) is 5.91 Å². The molecule has 1 atom stereocenters. The number of nitrogens with two attached hydrogens (primary N) is 2. The molecule has 4 N–H and O–H groups in total. The Balaban J connectivity index is 1.93. The van der Waals surface area contributed by atoms with Crippen LogP contribution in [0.3, 0.4) is 0 Å². The summed E-state index contributed by atoms with van der Waals surface area (Å²) in [7, 11) is 0. The van der Waals surface area contributed by atoms with Crippen molar-refractivity contribution in [2.24, 2.45) is 11.5 Å². The van der Waals surface area contributed by atoms with Crippen molar-refractivity contribution in [1.29, 1.82) is 0 Å². The van der Waals surface area contributed by atoms with E-state index in [1.54, 1.807) is 6.07 Å². The Labute approximate surface area is 127 Å². The van der Waals surface area contributed by atoms with Crippen LogP contribution < -0.4 is 11.5 Å². The van der Waals surface area contributed by atoms with Crippen LogP contribution in [-0.2, 0) is 24.3 Å². The molecule has 2 aromatic rings. The monoisotopic (exact) mass is 299 g/mol. The van der Waals surface area contributed by atoms with Gasteiger partial charge in [-0.2, -0.15) is 0 Å². The topological polar surface area (TPSA) is 103 Å². The average molecular weight is 299 g/mol. The van der Waals surface area contributed by atoms with Gasteiger partial charge >= 0.3 is 0 Å². The fourth-order valence-electron chi connectivity index (χ4n) is 2.76. The van der Waals surface area contributed by atoms with E-state index in [2.05, 4.69) is 0 Å². The summed E-state index contributed by atoms with van der Waals surface area (Å²) in [5.41, 5.74) is 13.4. The number of nitrogens with zero attached hydrogens (tertiary/aromatic N) is 1. The van der Waals surface area contributed by atoms with Gasteiger partial charge in [-0.15, -0.1) is 0 Å². The summed E-state index contributed by atoms with van der Waals surface area (Å²) in [6.45, 7) is 0.571. The van der Waals surface area contributed by atoms with Gasteiger partial charge in [-0.25, -0.2) is 0 Å². The van der Waals surface area contributed by atoms with Gasteiger partial charge in [-0.1, -0.05) is 24.3 Å². The lowest BCUT2D eigenvalue weighted by atomic mass is 9.93. The number of carbonyl (C=O) groups excluding carboxylic acids is 2. The first kappa shape index (κ1) is 14.3. The van der Waals surface area contributed by atoms with Crippen LogP contribution >= 0.6 is 0 Å². The summed E-state index contributed by atoms with van der Waals surface area (Å²) in [6.07, 6.45) is 1.79. The lowest BCUT2D eigenvalue weighted by Gasteiger charge is -2.34. The van der Waals surface area contributed by atoms with E-state index in [1.807, 2.05) is 24.3 Å². The first-order chi connectivity index (χ1) is 10.6. The zero-order valence-electron chi connectivity index (χ0n) is 12.0. The number of primary amides is 1. The van der Waals surface area contributed by atoms with Crippen molar-refractivity contribution >= 4 is 11.8 Å². The van der Waals surface area contributed by atoms with E-state index in [0.717, 1.165) is 11.1 Å². The Morgan fingerprint density at radius 3 is 2.64 bits per heavy atom. The number of rotatable bonds is 3. The largest absolute Gasteiger partial charge is 0.467 e. The molecule has 1 aromatic carbocycles. The van der Waals surface area contributed by atoms with Gasteiger partial charge in [0.05, 0.1) is 12.1 Å². The van der Waals surface area contributed by atoms with E-state index in [-0.39, 0.29) is 12.5 Å². The normalized spacial score (nSPS) is 17.1. The molecule has 2 amide bonds. The number of furan rings is 1. The van der Waals surface area contributed by atoms with Crippen LogP contribution in [0.1, 0.15) is 27.2 Å². The van der Waals surface area contributed by atoms with Crippen molar-refractivity contribution in [1.82, 2.24) is 4.90 Å². The molecule has 0 spiro atoms. The maximum atomic E-state index is 12.7. The van der Waals surface area contributed by atoms with Gasteiger partial charge in [0, 0.05) is 13.0 Å². The van der Waals surface area contributed by atoms with Gasteiger partial charge in [0.2, 0.25) is 5.91 Å². The molecule has 3 rings (SSSR count). The smallest absolute Gasteiger partial charge is 0.258 e. The summed E-state index contributed by atoms with van der Waals surface area (Å²) in [5, 5.41) is 0. The first-order valence-corrected chi connectivity index (χ1v) is 7.04. The SMILES string of the molecule is NCc1cc(C(=O)N2Cc3ccccc3CC2C(N)=O)co1. The highest BCUT2D eigenvalue weighted by Gasteiger charge is 2.34. The van der Waals surface area contributed by atoms with Crippen LogP contribution in [0.5, 0.6) is 0 Å². The van der Waals surface area contributed by atoms with Crippen molar-refractivity contribution in [3.8, 4) is 0 Å². The van der Waals surface area contributed by atoms with Gasteiger partial charge in [0.15, 0.2) is 0 Å². The minimum atomic E-state index is -0.654. The highest BCUT2D eigenvalue weighted by Crippen LogP contribution is 2.25. The molecule has 1 aromatic heterocycles. The molecule has 114 valence electrons. The molecule has 0 bridgehead atoms. The van der Waals surface area contributed by atoms with E-state index < -0.39 is 11.9 Å². The lowest BCUT2D eigenvalue weighted by Crippen LogP contribution is -2.51. The van der Waals surface area contributed by atoms with E-state index in [4.69, 9.17) is 15.9 Å². The Morgan fingerprint density at radius 1 is 1.27 bits per heavy atom. The molecule has 2 heterocycles. The Bertz CT molecular complexity index is 723. The van der Waals surface area contributed by atoms with Crippen LogP contribution in [0, 0.1) is 0 Å². The second-order valence-electron chi connectivity index (χ2n) is 5.33. The van der Waals surface area contributed by atoms with Gasteiger partial charge < -0.3 is 20.8 Å². The summed E-state index contributed by atoms with van der Waals surface area (Å²) in [6, 6.07) is 8.68. The molecule has 0 fully saturated rings. The van der Waals surface area contributed by atoms with Crippen LogP contribution in [-0.4, -0.2) is 22.8 Å². The zero-order chi connectivity index (χ0) is 15.7. The van der Waals surface area contributed by atoms with Crippen molar-refractivity contribution in [2.75, 3.05) is 0 Å². The third-order valence-electron chi connectivity index (χ3n) is 3.94. The van der Waals surface area contributed by atoms with E-state index >= 15 is 0 Å². The van der Waals surface area contributed by atoms with E-state index in [1.165, 1.54) is 11.2 Å². The van der Waals surface area contributed by atoms with E-state index in [9.17, 15) is 9.59 Å². The van der Waals surface area contributed by atoms with E-state index in [0.29, 0.717) is 24.3 Å². The predicted molar refractivity (Wildman–Crippen MR) is 79.6 cm³/mol. The quantitative estimate of drug-likeness (QED) is 0.874. The van der Waals surface area contributed by atoms with Crippen molar-refractivity contribution < 1.29 is 14.0 Å². The minimum absolute atomic E-state index is 0.218. The fourth-order valence-corrected chi connectivity index (χ4v) is 2.76. The molecule has 6 nitrogen and oxygen atoms in total. The molecule has 1 aliphatic rings. The molecule has 6 heteroatoms. The van der Waals surface area contributed by atoms with Crippen LogP contribution in [0.25, 0.3) is 0 Å². The number of hydrogen-bond acceptors (Lipinski definition) is 4. The summed E-state index contributed by atoms with van der Waals surface area (Å²) < 4.78 is 5.20. The minimum Gasteiger partial charge on any atom is -0.467 e. The number of amides is 2. The molecule has 1 aliphatic heterocycles. The maximum Gasteiger partial charge on any atom is 0.258 e. The average Bonchev–Trinajstić information content (AvgIpc) is 3.02. The highest BCUT2D eigenvalue weighted by atomic mass is 16.3. The van der Waals surface area contributed by atoms with Gasteiger partial charge in [0.1, 0.15) is 18.1 Å². The molecule has 0 aliphatic carbocycles. The number of carbonyl (C=O) groups is 2. The van der Waals surface area contributed by atoms with Crippen molar-refractivity contribution in [3.05, 3.63) is 59.0 Å². The molecule has 1 unspecified atom stereocenters. The van der Waals surface area contributed by atoms with Crippen LogP contribution in [0.4, 0.5) is 0 Å². The van der Waals surface area contributed by atoms with Crippen molar-refractivity contribution in [3.63, 3.8) is 0 Å². The second-order valence-corrected chi connectivity index (χ2v) is 5.33. The van der Waals surface area contributed by atoms with Crippen LogP contribution in [0.15, 0.2) is 41.0 Å². The molecule has 22 heavy (non-hydrogen) atoms. The summed E-state index contributed by atoms with van der Waals surface area (Å²) in [5.74, 6) is -0.261. The Morgan fingerprint density at radius 2 is 2.00 bits per heavy atom. The third kappa shape index (κ3) is 2.48. The number of hydrogen-bond donors (Lipinski definition) is 2. The molecule has 0 saturated carbocycles. The van der Waals surface area contributed by atoms with Crippen molar-refractivity contribution in [2.45, 2.75) is 25.6 Å².